The second kappa shape index (κ2) is 6.10. The first kappa shape index (κ1) is 14.9. The van der Waals surface area contributed by atoms with Crippen LogP contribution in [0.3, 0.4) is 0 Å². The minimum atomic E-state index is 0.618. The van der Waals surface area contributed by atoms with E-state index in [0.717, 1.165) is 36.7 Å². The fourth-order valence-electron chi connectivity index (χ4n) is 3.42. The first-order valence-electron chi connectivity index (χ1n) is 8.33. The van der Waals surface area contributed by atoms with Gasteiger partial charge in [0.05, 0.1) is 5.69 Å². The first-order chi connectivity index (χ1) is 11.7. The molecule has 0 aliphatic carbocycles. The number of hydrogen-bond donors (Lipinski definition) is 2. The summed E-state index contributed by atoms with van der Waals surface area (Å²) in [5.74, 6) is 0. The van der Waals surface area contributed by atoms with Gasteiger partial charge in [-0.3, -0.25) is 4.79 Å². The maximum Gasteiger partial charge on any atom is 0.166 e. The topological polar surface area (TPSA) is 44.9 Å². The van der Waals surface area contributed by atoms with Crippen LogP contribution < -0.4 is 5.32 Å². The maximum absolute atomic E-state index is 11.0. The van der Waals surface area contributed by atoms with Gasteiger partial charge in [0, 0.05) is 17.4 Å². The molecule has 3 aromatic rings. The Morgan fingerprint density at radius 2 is 1.88 bits per heavy atom. The number of H-pyrrole nitrogens is 1. The summed E-state index contributed by atoms with van der Waals surface area (Å²) < 4.78 is 0. The van der Waals surface area contributed by atoms with Gasteiger partial charge in [-0.1, -0.05) is 24.3 Å². The molecule has 0 saturated carbocycles. The standard InChI is InChI=1S/C21H20N2O/c1-14-8-17(15-4-6-22-7-5-15)11-18(9-14)16-2-3-21-19(10-16)12-20(13-24)23-21/h2-4,8-13,22-23H,5-7H2,1H3. The van der Waals surface area contributed by atoms with Gasteiger partial charge in [-0.25, -0.2) is 0 Å². The van der Waals surface area contributed by atoms with Gasteiger partial charge in [0.15, 0.2) is 6.29 Å². The molecule has 3 heteroatoms. The van der Waals surface area contributed by atoms with Crippen molar-refractivity contribution in [1.29, 1.82) is 0 Å². The number of aldehydes is 1. The molecule has 0 atom stereocenters. The van der Waals surface area contributed by atoms with Crippen LogP contribution in [-0.2, 0) is 0 Å². The van der Waals surface area contributed by atoms with Crippen LogP contribution in [-0.4, -0.2) is 24.4 Å². The average Bonchev–Trinajstić information content (AvgIpc) is 3.04. The fraction of sp³-hybridized carbons (Fsp3) is 0.190. The molecule has 120 valence electrons. The smallest absolute Gasteiger partial charge is 0.166 e. The van der Waals surface area contributed by atoms with Gasteiger partial charge in [0.2, 0.25) is 0 Å². The van der Waals surface area contributed by atoms with Crippen molar-refractivity contribution in [3.05, 3.63) is 65.4 Å². The van der Waals surface area contributed by atoms with E-state index < -0.39 is 0 Å². The minimum absolute atomic E-state index is 0.618. The van der Waals surface area contributed by atoms with Gasteiger partial charge in [0.1, 0.15) is 0 Å². The summed E-state index contributed by atoms with van der Waals surface area (Å²) in [6.07, 6.45) is 4.21. The summed E-state index contributed by atoms with van der Waals surface area (Å²) in [7, 11) is 0. The molecular weight excluding hydrogens is 296 g/mol. The zero-order valence-corrected chi connectivity index (χ0v) is 13.7. The van der Waals surface area contributed by atoms with Crippen molar-refractivity contribution in [1.82, 2.24) is 10.3 Å². The van der Waals surface area contributed by atoms with E-state index in [1.54, 1.807) is 0 Å². The number of nitrogens with one attached hydrogen (secondary N) is 2. The number of hydrogen-bond acceptors (Lipinski definition) is 2. The maximum atomic E-state index is 11.0. The number of carbonyl (C=O) groups is 1. The van der Waals surface area contributed by atoms with Crippen LogP contribution in [0.5, 0.6) is 0 Å². The highest BCUT2D eigenvalue weighted by molar-refractivity contribution is 5.91. The van der Waals surface area contributed by atoms with E-state index >= 15 is 0 Å². The van der Waals surface area contributed by atoms with E-state index in [2.05, 4.69) is 53.6 Å². The van der Waals surface area contributed by atoms with E-state index in [0.29, 0.717) is 5.69 Å². The molecule has 0 saturated heterocycles. The summed E-state index contributed by atoms with van der Waals surface area (Å²) in [5, 5.41) is 4.43. The van der Waals surface area contributed by atoms with E-state index in [1.165, 1.54) is 27.8 Å². The van der Waals surface area contributed by atoms with Crippen molar-refractivity contribution in [2.75, 3.05) is 13.1 Å². The molecule has 3 nitrogen and oxygen atoms in total. The Hall–Kier alpha value is -2.65. The van der Waals surface area contributed by atoms with E-state index in [1.807, 2.05) is 12.1 Å². The van der Waals surface area contributed by atoms with Crippen molar-refractivity contribution in [3.8, 4) is 11.1 Å². The second-order valence-corrected chi connectivity index (χ2v) is 6.42. The molecule has 24 heavy (non-hydrogen) atoms. The second-order valence-electron chi connectivity index (χ2n) is 6.42. The summed E-state index contributed by atoms with van der Waals surface area (Å²) in [6, 6.07) is 15.0. The first-order valence-corrected chi connectivity index (χ1v) is 8.33. The molecule has 0 fully saturated rings. The van der Waals surface area contributed by atoms with E-state index in [9.17, 15) is 4.79 Å². The lowest BCUT2D eigenvalue weighted by molar-refractivity contribution is 0.112. The Morgan fingerprint density at radius 1 is 1.00 bits per heavy atom. The molecule has 4 rings (SSSR count). The molecular formula is C21H20N2O. The molecule has 0 bridgehead atoms. The van der Waals surface area contributed by atoms with E-state index in [-0.39, 0.29) is 0 Å². The van der Waals surface area contributed by atoms with Crippen molar-refractivity contribution in [2.24, 2.45) is 0 Å². The Bertz CT molecular complexity index is 950. The average molecular weight is 316 g/mol. The molecule has 0 spiro atoms. The zero-order chi connectivity index (χ0) is 16.5. The van der Waals surface area contributed by atoms with Crippen molar-refractivity contribution in [3.63, 3.8) is 0 Å². The van der Waals surface area contributed by atoms with Gasteiger partial charge in [0.25, 0.3) is 0 Å². The van der Waals surface area contributed by atoms with Gasteiger partial charge in [-0.2, -0.15) is 0 Å². The molecule has 0 radical (unpaired) electrons. The highest BCUT2D eigenvalue weighted by Crippen LogP contribution is 2.30. The number of aromatic nitrogens is 1. The quantitative estimate of drug-likeness (QED) is 0.706. The largest absolute Gasteiger partial charge is 0.352 e. The van der Waals surface area contributed by atoms with Gasteiger partial charge >= 0.3 is 0 Å². The lowest BCUT2D eigenvalue weighted by Gasteiger charge is -2.16. The van der Waals surface area contributed by atoms with Gasteiger partial charge in [-0.05, 0) is 72.0 Å². The predicted octanol–water partition coefficient (Wildman–Crippen LogP) is 4.33. The molecule has 0 unspecified atom stereocenters. The van der Waals surface area contributed by atoms with E-state index in [4.69, 9.17) is 0 Å². The number of aryl methyl sites for hydroxylation is 1. The number of benzene rings is 2. The zero-order valence-electron chi connectivity index (χ0n) is 13.7. The third-order valence-electron chi connectivity index (χ3n) is 4.61. The normalized spacial score (nSPS) is 14.6. The highest BCUT2D eigenvalue weighted by Gasteiger charge is 2.09. The van der Waals surface area contributed by atoms with Crippen LogP contribution in [0.15, 0.2) is 48.5 Å². The predicted molar refractivity (Wildman–Crippen MR) is 99.3 cm³/mol. The van der Waals surface area contributed by atoms with Crippen LogP contribution in [0.4, 0.5) is 0 Å². The van der Waals surface area contributed by atoms with Crippen LogP contribution in [0.2, 0.25) is 0 Å². The number of carbonyl (C=O) groups excluding carboxylic acids is 1. The highest BCUT2D eigenvalue weighted by atomic mass is 16.1. The SMILES string of the molecule is Cc1cc(C2=CCNCC2)cc(-c2ccc3[nH]c(C=O)cc3c2)c1. The monoisotopic (exact) mass is 316 g/mol. The minimum Gasteiger partial charge on any atom is -0.352 e. The van der Waals surface area contributed by atoms with Crippen LogP contribution >= 0.6 is 0 Å². The third-order valence-corrected chi connectivity index (χ3v) is 4.61. The summed E-state index contributed by atoms with van der Waals surface area (Å²) in [5.41, 5.74) is 8.02. The molecule has 1 aliphatic heterocycles. The van der Waals surface area contributed by atoms with Crippen LogP contribution in [0, 0.1) is 6.92 Å². The fourth-order valence-corrected chi connectivity index (χ4v) is 3.42. The summed E-state index contributed by atoms with van der Waals surface area (Å²) in [6.45, 7) is 4.13. The number of aromatic amines is 1. The summed E-state index contributed by atoms with van der Waals surface area (Å²) >= 11 is 0. The van der Waals surface area contributed by atoms with Crippen LogP contribution in [0.1, 0.15) is 28.0 Å². The van der Waals surface area contributed by atoms with Crippen molar-refractivity contribution >= 4 is 22.8 Å². The molecule has 1 aliphatic rings. The summed E-state index contributed by atoms with van der Waals surface area (Å²) in [4.78, 5) is 14.1. The Labute approximate surface area is 141 Å². The van der Waals surface area contributed by atoms with Gasteiger partial charge in [-0.15, -0.1) is 0 Å². The molecule has 2 N–H and O–H groups in total. The lowest BCUT2D eigenvalue weighted by Crippen LogP contribution is -2.20. The van der Waals surface area contributed by atoms with Crippen LogP contribution in [0.25, 0.3) is 27.6 Å². The molecule has 2 aromatic carbocycles. The lowest BCUT2D eigenvalue weighted by atomic mass is 9.93. The Morgan fingerprint density at radius 3 is 2.67 bits per heavy atom. The Balaban J connectivity index is 1.79. The third kappa shape index (κ3) is 2.79. The number of fused-ring (bicyclic) bond motifs is 1. The molecule has 2 heterocycles. The van der Waals surface area contributed by atoms with Gasteiger partial charge < -0.3 is 10.3 Å². The van der Waals surface area contributed by atoms with Crippen molar-refractivity contribution < 1.29 is 4.79 Å². The molecule has 0 amide bonds. The number of rotatable bonds is 3. The van der Waals surface area contributed by atoms with Crippen molar-refractivity contribution in [2.45, 2.75) is 13.3 Å². The molecule has 1 aromatic heterocycles. The Kier molecular flexibility index (Phi) is 3.79.